The molecule has 3 atom stereocenters. The Bertz CT molecular complexity index is 620. The van der Waals surface area contributed by atoms with Crippen LogP contribution in [0.4, 0.5) is 0 Å². The van der Waals surface area contributed by atoms with Gasteiger partial charge >= 0.3 is 0 Å². The van der Waals surface area contributed by atoms with Gasteiger partial charge in [-0.2, -0.15) is 0 Å². The van der Waals surface area contributed by atoms with Crippen LogP contribution in [0.2, 0.25) is 5.02 Å². The first-order valence-electron chi connectivity index (χ1n) is 8.10. The molecule has 0 unspecified atom stereocenters. The molecule has 0 heterocycles. The average molecular weight is 332 g/mol. The van der Waals surface area contributed by atoms with Crippen LogP contribution < -0.4 is 10.1 Å². The van der Waals surface area contributed by atoms with Crippen LogP contribution in [0.1, 0.15) is 24.8 Å². The standard InChI is InChI=1S/C19H22ClNO2/c20-15-8-4-9-16(12-15)23-18-11-5-10-17(19(18)22)21-13-14-6-2-1-3-7-14/h1-4,6-9,12,17-19,21-22H,5,10-11,13H2/t17-,18+,19+/m0/s1. The van der Waals surface area contributed by atoms with E-state index in [1.54, 1.807) is 6.07 Å². The minimum Gasteiger partial charge on any atom is -0.488 e. The number of ether oxygens (including phenoxy) is 1. The van der Waals surface area contributed by atoms with Crippen LogP contribution in [0, 0.1) is 0 Å². The average Bonchev–Trinajstić information content (AvgIpc) is 2.57. The van der Waals surface area contributed by atoms with Gasteiger partial charge in [-0.05, 0) is 43.0 Å². The first kappa shape index (κ1) is 16.3. The van der Waals surface area contributed by atoms with E-state index in [-0.39, 0.29) is 12.1 Å². The highest BCUT2D eigenvalue weighted by Gasteiger charge is 2.33. The van der Waals surface area contributed by atoms with Gasteiger partial charge in [0, 0.05) is 17.6 Å². The van der Waals surface area contributed by atoms with Crippen molar-refractivity contribution in [2.24, 2.45) is 0 Å². The van der Waals surface area contributed by atoms with Crippen molar-refractivity contribution in [2.45, 2.75) is 44.1 Å². The fourth-order valence-corrected chi connectivity index (χ4v) is 3.23. The third kappa shape index (κ3) is 4.47. The number of rotatable bonds is 5. The van der Waals surface area contributed by atoms with Crippen molar-refractivity contribution in [1.82, 2.24) is 5.32 Å². The second kappa shape index (κ2) is 7.82. The molecule has 0 amide bonds. The Hall–Kier alpha value is -1.55. The zero-order valence-corrected chi connectivity index (χ0v) is 13.7. The predicted molar refractivity (Wildman–Crippen MR) is 92.8 cm³/mol. The first-order valence-corrected chi connectivity index (χ1v) is 8.48. The van der Waals surface area contributed by atoms with Crippen molar-refractivity contribution in [2.75, 3.05) is 0 Å². The highest BCUT2D eigenvalue weighted by molar-refractivity contribution is 6.30. The van der Waals surface area contributed by atoms with Gasteiger partial charge in [-0.25, -0.2) is 0 Å². The van der Waals surface area contributed by atoms with E-state index in [9.17, 15) is 5.11 Å². The summed E-state index contributed by atoms with van der Waals surface area (Å²) < 4.78 is 5.96. The molecule has 2 N–H and O–H groups in total. The summed E-state index contributed by atoms with van der Waals surface area (Å²) >= 11 is 5.99. The molecule has 23 heavy (non-hydrogen) atoms. The Morgan fingerprint density at radius 1 is 1.09 bits per heavy atom. The largest absolute Gasteiger partial charge is 0.488 e. The molecule has 1 aliphatic carbocycles. The number of hydrogen-bond acceptors (Lipinski definition) is 3. The quantitative estimate of drug-likeness (QED) is 0.875. The minimum absolute atomic E-state index is 0.0492. The predicted octanol–water partition coefficient (Wildman–Crippen LogP) is 3.79. The summed E-state index contributed by atoms with van der Waals surface area (Å²) in [6.07, 6.45) is 2.14. The number of aliphatic hydroxyl groups is 1. The maximum atomic E-state index is 10.6. The van der Waals surface area contributed by atoms with Crippen molar-refractivity contribution in [1.29, 1.82) is 0 Å². The van der Waals surface area contributed by atoms with Gasteiger partial charge in [0.05, 0.1) is 0 Å². The zero-order valence-electron chi connectivity index (χ0n) is 13.0. The summed E-state index contributed by atoms with van der Waals surface area (Å²) in [5.41, 5.74) is 1.22. The number of nitrogens with one attached hydrogen (secondary N) is 1. The Balaban J connectivity index is 1.58. The molecule has 0 aromatic heterocycles. The molecule has 3 nitrogen and oxygen atoms in total. The van der Waals surface area contributed by atoms with E-state index < -0.39 is 6.10 Å². The maximum Gasteiger partial charge on any atom is 0.126 e. The molecule has 2 aromatic rings. The van der Waals surface area contributed by atoms with E-state index in [2.05, 4.69) is 17.4 Å². The van der Waals surface area contributed by atoms with Gasteiger partial charge in [-0.15, -0.1) is 0 Å². The van der Waals surface area contributed by atoms with Gasteiger partial charge in [-0.1, -0.05) is 48.0 Å². The number of aliphatic hydroxyl groups excluding tert-OH is 1. The molecule has 1 saturated carbocycles. The molecule has 0 spiro atoms. The Labute approximate surface area is 142 Å². The number of hydrogen-bond donors (Lipinski definition) is 2. The molecule has 3 rings (SSSR count). The van der Waals surface area contributed by atoms with Gasteiger partial charge in [0.1, 0.15) is 18.0 Å². The van der Waals surface area contributed by atoms with Crippen LogP contribution in [0.3, 0.4) is 0 Å². The molecule has 1 aliphatic rings. The molecular formula is C19H22ClNO2. The van der Waals surface area contributed by atoms with Crippen molar-refractivity contribution < 1.29 is 9.84 Å². The van der Waals surface area contributed by atoms with Crippen molar-refractivity contribution in [3.8, 4) is 5.75 Å². The zero-order chi connectivity index (χ0) is 16.1. The van der Waals surface area contributed by atoms with Crippen molar-refractivity contribution in [3.05, 3.63) is 65.2 Å². The summed E-state index contributed by atoms with van der Waals surface area (Å²) in [5.74, 6) is 0.713. The highest BCUT2D eigenvalue weighted by Crippen LogP contribution is 2.26. The van der Waals surface area contributed by atoms with Gasteiger partial charge in [0.2, 0.25) is 0 Å². The summed E-state index contributed by atoms with van der Waals surface area (Å²) in [6.45, 7) is 0.756. The van der Waals surface area contributed by atoms with Crippen LogP contribution >= 0.6 is 11.6 Å². The molecule has 2 aromatic carbocycles. The van der Waals surface area contributed by atoms with E-state index in [4.69, 9.17) is 16.3 Å². The lowest BCUT2D eigenvalue weighted by atomic mass is 9.89. The molecule has 0 bridgehead atoms. The fourth-order valence-electron chi connectivity index (χ4n) is 3.05. The van der Waals surface area contributed by atoms with Crippen LogP contribution in [0.5, 0.6) is 5.75 Å². The molecule has 0 aliphatic heterocycles. The van der Waals surface area contributed by atoms with Gasteiger partial charge < -0.3 is 15.2 Å². The van der Waals surface area contributed by atoms with Gasteiger partial charge in [0.25, 0.3) is 0 Å². The Kier molecular flexibility index (Phi) is 5.55. The van der Waals surface area contributed by atoms with E-state index in [1.165, 1.54) is 5.56 Å². The molecule has 122 valence electrons. The third-order valence-electron chi connectivity index (χ3n) is 4.29. The molecular weight excluding hydrogens is 310 g/mol. The van der Waals surface area contributed by atoms with Crippen LogP contribution in [0.15, 0.2) is 54.6 Å². The lowest BCUT2D eigenvalue weighted by Gasteiger charge is -2.35. The highest BCUT2D eigenvalue weighted by atomic mass is 35.5. The number of benzene rings is 2. The van der Waals surface area contributed by atoms with E-state index >= 15 is 0 Å². The van der Waals surface area contributed by atoms with Gasteiger partial charge in [0.15, 0.2) is 0 Å². The fraction of sp³-hybridized carbons (Fsp3) is 0.368. The van der Waals surface area contributed by atoms with Crippen molar-refractivity contribution in [3.63, 3.8) is 0 Å². The minimum atomic E-state index is -0.522. The van der Waals surface area contributed by atoms with Crippen LogP contribution in [-0.4, -0.2) is 23.4 Å². The lowest BCUT2D eigenvalue weighted by molar-refractivity contribution is -0.0157. The normalized spacial score (nSPS) is 24.3. The molecule has 4 heteroatoms. The van der Waals surface area contributed by atoms with Crippen LogP contribution in [-0.2, 0) is 6.54 Å². The second-order valence-corrected chi connectivity index (χ2v) is 6.44. The third-order valence-corrected chi connectivity index (χ3v) is 4.53. The topological polar surface area (TPSA) is 41.5 Å². The number of halogens is 1. The van der Waals surface area contributed by atoms with Gasteiger partial charge in [-0.3, -0.25) is 0 Å². The SMILES string of the molecule is O[C@@H]1[C@@H](NCc2ccccc2)CCC[C@H]1Oc1cccc(Cl)c1. The van der Waals surface area contributed by atoms with E-state index in [0.29, 0.717) is 10.8 Å². The molecule has 0 saturated heterocycles. The van der Waals surface area contributed by atoms with Crippen molar-refractivity contribution >= 4 is 11.6 Å². The van der Waals surface area contributed by atoms with E-state index in [1.807, 2.05) is 36.4 Å². The Morgan fingerprint density at radius 3 is 2.70 bits per heavy atom. The van der Waals surface area contributed by atoms with E-state index in [0.717, 1.165) is 25.8 Å². The molecule has 0 radical (unpaired) electrons. The first-order chi connectivity index (χ1) is 11.2. The Morgan fingerprint density at radius 2 is 1.91 bits per heavy atom. The smallest absolute Gasteiger partial charge is 0.126 e. The summed E-state index contributed by atoms with van der Waals surface area (Å²) in [6, 6.07) is 17.6. The van der Waals surface area contributed by atoms with Crippen LogP contribution in [0.25, 0.3) is 0 Å². The monoisotopic (exact) mass is 331 g/mol. The summed E-state index contributed by atoms with van der Waals surface area (Å²) in [4.78, 5) is 0. The molecule has 1 fully saturated rings. The summed E-state index contributed by atoms with van der Waals surface area (Å²) in [5, 5.41) is 14.7. The second-order valence-electron chi connectivity index (χ2n) is 6.01. The summed E-state index contributed by atoms with van der Waals surface area (Å²) in [7, 11) is 0. The maximum absolute atomic E-state index is 10.6. The lowest BCUT2D eigenvalue weighted by Crippen LogP contribution is -2.50.